The summed E-state index contributed by atoms with van der Waals surface area (Å²) < 4.78 is 49.2. The maximum atomic E-state index is 12.6. The Balaban J connectivity index is 0.000000671. The van der Waals surface area contributed by atoms with E-state index in [1.54, 1.807) is 0 Å². The number of fused-ring (bicyclic) bond motifs is 1. The second kappa shape index (κ2) is 8.34. The van der Waals surface area contributed by atoms with Gasteiger partial charge in [0.25, 0.3) is 0 Å². The summed E-state index contributed by atoms with van der Waals surface area (Å²) in [5, 5.41) is -1.16. The molecule has 0 saturated heterocycles. The van der Waals surface area contributed by atoms with Gasteiger partial charge in [0.05, 0.1) is 21.2 Å². The number of rotatable bonds is 2. The van der Waals surface area contributed by atoms with Crippen molar-refractivity contribution in [1.82, 2.24) is 9.97 Å². The van der Waals surface area contributed by atoms with Crippen LogP contribution in [0.15, 0.2) is 52.6 Å². The van der Waals surface area contributed by atoms with E-state index in [1.807, 2.05) is 27.7 Å². The predicted molar refractivity (Wildman–Crippen MR) is 93.1 cm³/mol. The van der Waals surface area contributed by atoms with Crippen molar-refractivity contribution in [3.05, 3.63) is 48.5 Å². The minimum atomic E-state index is -3.80. The third-order valence-electron chi connectivity index (χ3n) is 3.16. The standard InChI is InChI=1S/C12H10N2O4S2.2C2H6/c15-19(16)8-11(12-10(19)2-1-5-14-12)20(17,18)9-3-6-13-7-4-9;2*1-2/h1-7,11H,8H2;2*1-2H3. The molecule has 3 heterocycles. The number of pyridine rings is 2. The van der Waals surface area contributed by atoms with Crippen molar-refractivity contribution in [3.8, 4) is 0 Å². The number of nitrogens with zero attached hydrogens (tertiary/aromatic N) is 2. The Labute approximate surface area is 143 Å². The summed E-state index contributed by atoms with van der Waals surface area (Å²) in [6.45, 7) is 8.00. The minimum Gasteiger partial charge on any atom is -0.265 e. The fourth-order valence-corrected chi connectivity index (χ4v) is 6.38. The van der Waals surface area contributed by atoms with E-state index >= 15 is 0 Å². The molecule has 1 unspecified atom stereocenters. The molecule has 2 aromatic heterocycles. The zero-order chi connectivity index (χ0) is 18.4. The predicted octanol–water partition coefficient (Wildman–Crippen LogP) is 2.83. The van der Waals surface area contributed by atoms with Gasteiger partial charge in [-0.25, -0.2) is 16.8 Å². The summed E-state index contributed by atoms with van der Waals surface area (Å²) in [5.74, 6) is -0.468. The molecule has 6 nitrogen and oxygen atoms in total. The van der Waals surface area contributed by atoms with E-state index < -0.39 is 30.7 Å². The van der Waals surface area contributed by atoms with Gasteiger partial charge in [-0.1, -0.05) is 27.7 Å². The Morgan fingerprint density at radius 3 is 2.17 bits per heavy atom. The summed E-state index contributed by atoms with van der Waals surface area (Å²) in [6, 6.07) is 5.57. The van der Waals surface area contributed by atoms with Gasteiger partial charge >= 0.3 is 0 Å². The lowest BCUT2D eigenvalue weighted by Gasteiger charge is -2.10. The molecule has 0 spiro atoms. The first-order valence-electron chi connectivity index (χ1n) is 7.74. The molecule has 1 aliphatic rings. The van der Waals surface area contributed by atoms with Gasteiger partial charge in [-0.3, -0.25) is 9.97 Å². The zero-order valence-corrected chi connectivity index (χ0v) is 15.8. The average molecular weight is 370 g/mol. The molecule has 0 aromatic carbocycles. The molecule has 1 atom stereocenters. The van der Waals surface area contributed by atoms with Crippen molar-refractivity contribution in [2.75, 3.05) is 5.75 Å². The van der Waals surface area contributed by atoms with Crippen LogP contribution in [0.3, 0.4) is 0 Å². The van der Waals surface area contributed by atoms with Gasteiger partial charge in [0.1, 0.15) is 5.25 Å². The van der Waals surface area contributed by atoms with Gasteiger partial charge in [-0.05, 0) is 24.3 Å². The van der Waals surface area contributed by atoms with Gasteiger partial charge in [0.2, 0.25) is 0 Å². The van der Waals surface area contributed by atoms with E-state index in [0.29, 0.717) is 0 Å². The molecule has 0 radical (unpaired) electrons. The smallest absolute Gasteiger partial charge is 0.188 e. The van der Waals surface area contributed by atoms with Crippen LogP contribution in [0, 0.1) is 0 Å². The molecule has 3 rings (SSSR count). The first-order valence-corrected chi connectivity index (χ1v) is 10.9. The van der Waals surface area contributed by atoms with Crippen molar-refractivity contribution in [2.45, 2.75) is 42.7 Å². The van der Waals surface area contributed by atoms with Gasteiger partial charge in [0.15, 0.2) is 19.7 Å². The Morgan fingerprint density at radius 2 is 1.58 bits per heavy atom. The van der Waals surface area contributed by atoms with Crippen molar-refractivity contribution in [1.29, 1.82) is 0 Å². The quantitative estimate of drug-likeness (QED) is 0.807. The monoisotopic (exact) mass is 370 g/mol. The Morgan fingerprint density at radius 1 is 1.00 bits per heavy atom. The topological polar surface area (TPSA) is 94.1 Å². The van der Waals surface area contributed by atoms with Crippen LogP contribution in [-0.4, -0.2) is 32.6 Å². The van der Waals surface area contributed by atoms with Crippen molar-refractivity contribution < 1.29 is 16.8 Å². The lowest BCUT2D eigenvalue weighted by molar-refractivity contribution is 0.581. The Hall–Kier alpha value is -1.80. The highest BCUT2D eigenvalue weighted by molar-refractivity contribution is 7.96. The van der Waals surface area contributed by atoms with E-state index in [9.17, 15) is 16.8 Å². The van der Waals surface area contributed by atoms with Crippen LogP contribution in [0.25, 0.3) is 0 Å². The average Bonchev–Trinajstić information content (AvgIpc) is 2.92. The van der Waals surface area contributed by atoms with Crippen LogP contribution < -0.4 is 0 Å². The fraction of sp³-hybridized carbons (Fsp3) is 0.375. The van der Waals surface area contributed by atoms with Crippen LogP contribution in [0.2, 0.25) is 0 Å². The van der Waals surface area contributed by atoms with E-state index in [0.717, 1.165) is 0 Å². The third kappa shape index (κ3) is 3.81. The summed E-state index contributed by atoms with van der Waals surface area (Å²) in [7, 11) is -7.41. The number of hydrogen-bond donors (Lipinski definition) is 0. The van der Waals surface area contributed by atoms with E-state index in [-0.39, 0.29) is 15.5 Å². The van der Waals surface area contributed by atoms with Crippen LogP contribution in [0.4, 0.5) is 0 Å². The fourth-order valence-electron chi connectivity index (χ4n) is 2.20. The van der Waals surface area contributed by atoms with E-state index in [2.05, 4.69) is 9.97 Å². The molecule has 0 N–H and O–H groups in total. The molecular weight excluding hydrogens is 348 g/mol. The lowest BCUT2D eigenvalue weighted by Crippen LogP contribution is -2.16. The van der Waals surface area contributed by atoms with E-state index in [4.69, 9.17) is 0 Å². The zero-order valence-electron chi connectivity index (χ0n) is 14.2. The van der Waals surface area contributed by atoms with Crippen molar-refractivity contribution in [2.24, 2.45) is 0 Å². The van der Waals surface area contributed by atoms with Crippen LogP contribution in [0.5, 0.6) is 0 Å². The van der Waals surface area contributed by atoms with Crippen molar-refractivity contribution in [3.63, 3.8) is 0 Å². The lowest BCUT2D eigenvalue weighted by atomic mass is 10.3. The van der Waals surface area contributed by atoms with Gasteiger partial charge in [0, 0.05) is 18.6 Å². The maximum absolute atomic E-state index is 12.6. The highest BCUT2D eigenvalue weighted by Gasteiger charge is 2.44. The number of aromatic nitrogens is 2. The molecule has 0 saturated carbocycles. The maximum Gasteiger partial charge on any atom is 0.188 e. The van der Waals surface area contributed by atoms with Crippen LogP contribution in [-0.2, 0) is 19.7 Å². The van der Waals surface area contributed by atoms with Crippen LogP contribution in [0.1, 0.15) is 38.6 Å². The molecular formula is C16H22N2O4S2. The number of hydrogen-bond acceptors (Lipinski definition) is 6. The molecule has 2 aromatic rings. The number of sulfone groups is 2. The molecule has 0 bridgehead atoms. The molecule has 0 aliphatic carbocycles. The molecule has 0 fully saturated rings. The molecule has 1 aliphatic heterocycles. The Bertz CT molecular complexity index is 864. The summed E-state index contributed by atoms with van der Waals surface area (Å²) >= 11 is 0. The largest absolute Gasteiger partial charge is 0.265 e. The highest BCUT2D eigenvalue weighted by atomic mass is 32.2. The molecule has 132 valence electrons. The van der Waals surface area contributed by atoms with Gasteiger partial charge < -0.3 is 0 Å². The van der Waals surface area contributed by atoms with Crippen LogP contribution >= 0.6 is 0 Å². The second-order valence-corrected chi connectivity index (χ2v) is 8.52. The summed E-state index contributed by atoms with van der Waals surface area (Å²) in [4.78, 5) is 7.76. The normalized spacial score (nSPS) is 17.6. The molecule has 0 amide bonds. The third-order valence-corrected chi connectivity index (χ3v) is 7.23. The highest BCUT2D eigenvalue weighted by Crippen LogP contribution is 2.39. The summed E-state index contributed by atoms with van der Waals surface area (Å²) in [6.07, 6.45) is 4.11. The van der Waals surface area contributed by atoms with Gasteiger partial charge in [-0.2, -0.15) is 0 Å². The van der Waals surface area contributed by atoms with E-state index in [1.165, 1.54) is 42.9 Å². The van der Waals surface area contributed by atoms with Crippen molar-refractivity contribution >= 4 is 19.7 Å². The first kappa shape index (κ1) is 20.2. The minimum absolute atomic E-state index is 0.00244. The molecule has 24 heavy (non-hydrogen) atoms. The summed E-state index contributed by atoms with van der Waals surface area (Å²) in [5.41, 5.74) is 0.101. The Kier molecular flexibility index (Phi) is 7.04. The first-order chi connectivity index (χ1) is 11.4. The van der Waals surface area contributed by atoms with Gasteiger partial charge in [-0.15, -0.1) is 0 Å². The second-order valence-electron chi connectivity index (χ2n) is 4.38. The molecule has 8 heteroatoms. The SMILES string of the molecule is CC.CC.O=S1(=O)CC(S(=O)(=O)c2ccncc2)c2ncccc21.